The fourth-order valence-corrected chi connectivity index (χ4v) is 5.57. The van der Waals surface area contributed by atoms with Gasteiger partial charge in [0, 0.05) is 41.8 Å². The molecule has 1 aliphatic heterocycles. The largest absolute Gasteiger partial charge is 0.497 e. The van der Waals surface area contributed by atoms with Crippen molar-refractivity contribution in [2.45, 2.75) is 43.5 Å². The van der Waals surface area contributed by atoms with Crippen LogP contribution < -0.4 is 9.46 Å². The molecule has 0 aliphatic carbocycles. The first-order chi connectivity index (χ1) is 15.3. The molecule has 170 valence electrons. The average Bonchev–Trinajstić information content (AvgIpc) is 3.21. The molecular weight excluding hydrogens is 426 g/mol. The van der Waals surface area contributed by atoms with Crippen LogP contribution in [0.3, 0.4) is 0 Å². The SMILES string of the molecule is COc1ccc2[nH]cc(C3CCN(C(=O)c4ccc(S(=O)(=O)NC(C)C)cc4)CC3)c2c1. The molecule has 0 saturated carbocycles. The molecule has 0 atom stereocenters. The number of fused-ring (bicyclic) bond motifs is 1. The number of carbonyl (C=O) groups is 1. The van der Waals surface area contributed by atoms with Crippen molar-refractivity contribution in [3.8, 4) is 5.75 Å². The van der Waals surface area contributed by atoms with Gasteiger partial charge in [-0.15, -0.1) is 0 Å². The van der Waals surface area contributed by atoms with Crippen molar-refractivity contribution in [2.24, 2.45) is 0 Å². The lowest BCUT2D eigenvalue weighted by Gasteiger charge is -2.32. The van der Waals surface area contributed by atoms with Gasteiger partial charge in [-0.05, 0) is 80.6 Å². The second-order valence-electron chi connectivity index (χ2n) is 8.52. The Bertz CT molecular complexity index is 1210. The molecule has 0 radical (unpaired) electrons. The Morgan fingerprint density at radius 2 is 1.81 bits per heavy atom. The number of nitrogens with one attached hydrogen (secondary N) is 2. The smallest absolute Gasteiger partial charge is 0.253 e. The number of sulfonamides is 1. The van der Waals surface area contributed by atoms with E-state index in [1.165, 1.54) is 23.1 Å². The number of aromatic nitrogens is 1. The summed E-state index contributed by atoms with van der Waals surface area (Å²) in [6.45, 7) is 4.86. The number of H-pyrrole nitrogens is 1. The molecule has 32 heavy (non-hydrogen) atoms. The minimum atomic E-state index is -3.57. The number of methoxy groups -OCH3 is 1. The normalized spacial score (nSPS) is 15.4. The van der Waals surface area contributed by atoms with Crippen LogP contribution in [0.4, 0.5) is 0 Å². The highest BCUT2D eigenvalue weighted by Gasteiger charge is 2.26. The Labute approximate surface area is 188 Å². The summed E-state index contributed by atoms with van der Waals surface area (Å²) in [5, 5.41) is 1.17. The van der Waals surface area contributed by atoms with Crippen molar-refractivity contribution in [3.05, 3.63) is 59.8 Å². The Morgan fingerprint density at radius 1 is 1.12 bits per heavy atom. The third kappa shape index (κ3) is 4.52. The highest BCUT2D eigenvalue weighted by Crippen LogP contribution is 2.35. The molecule has 1 aliphatic rings. The number of benzene rings is 2. The van der Waals surface area contributed by atoms with Crippen molar-refractivity contribution in [1.29, 1.82) is 0 Å². The Balaban J connectivity index is 1.43. The molecule has 0 unspecified atom stereocenters. The Kier molecular flexibility index (Phi) is 6.26. The summed E-state index contributed by atoms with van der Waals surface area (Å²) < 4.78 is 32.5. The van der Waals surface area contributed by atoms with Gasteiger partial charge in [0.2, 0.25) is 10.0 Å². The molecule has 7 nitrogen and oxygen atoms in total. The van der Waals surface area contributed by atoms with Gasteiger partial charge in [0.05, 0.1) is 12.0 Å². The molecule has 2 aromatic carbocycles. The summed E-state index contributed by atoms with van der Waals surface area (Å²) in [5.74, 6) is 1.14. The van der Waals surface area contributed by atoms with Crippen molar-refractivity contribution in [1.82, 2.24) is 14.6 Å². The second-order valence-corrected chi connectivity index (χ2v) is 10.2. The maximum absolute atomic E-state index is 13.0. The van der Waals surface area contributed by atoms with Crippen LogP contribution in [0.2, 0.25) is 0 Å². The number of aromatic amines is 1. The summed E-state index contributed by atoms with van der Waals surface area (Å²) >= 11 is 0. The number of hydrogen-bond acceptors (Lipinski definition) is 4. The van der Waals surface area contributed by atoms with Crippen LogP contribution in [0.5, 0.6) is 5.75 Å². The zero-order valence-electron chi connectivity index (χ0n) is 18.6. The number of hydrogen-bond donors (Lipinski definition) is 2. The summed E-state index contributed by atoms with van der Waals surface area (Å²) in [4.78, 5) is 18.3. The number of ether oxygens (including phenoxy) is 1. The van der Waals surface area contributed by atoms with Crippen LogP contribution >= 0.6 is 0 Å². The summed E-state index contributed by atoms with van der Waals surface area (Å²) in [7, 11) is -1.90. The fourth-order valence-electron chi connectivity index (χ4n) is 4.32. The van der Waals surface area contributed by atoms with Crippen LogP contribution in [0.25, 0.3) is 10.9 Å². The highest BCUT2D eigenvalue weighted by atomic mass is 32.2. The molecule has 3 aromatic rings. The number of amides is 1. The summed E-state index contributed by atoms with van der Waals surface area (Å²) in [6, 6.07) is 12.0. The van der Waals surface area contributed by atoms with Crippen molar-refractivity contribution < 1.29 is 17.9 Å². The van der Waals surface area contributed by atoms with Gasteiger partial charge < -0.3 is 14.6 Å². The van der Waals surface area contributed by atoms with Crippen LogP contribution in [0.15, 0.2) is 53.6 Å². The van der Waals surface area contributed by atoms with Gasteiger partial charge in [0.15, 0.2) is 0 Å². The molecule has 1 amide bonds. The van der Waals surface area contributed by atoms with Gasteiger partial charge in [-0.2, -0.15) is 0 Å². The highest BCUT2D eigenvalue weighted by molar-refractivity contribution is 7.89. The van der Waals surface area contributed by atoms with Gasteiger partial charge in [0.1, 0.15) is 5.75 Å². The Hall–Kier alpha value is -2.84. The van der Waals surface area contributed by atoms with Gasteiger partial charge in [-0.3, -0.25) is 4.79 Å². The van der Waals surface area contributed by atoms with E-state index in [-0.39, 0.29) is 16.8 Å². The molecule has 0 spiro atoms. The molecule has 1 saturated heterocycles. The molecule has 4 rings (SSSR count). The molecular formula is C24H29N3O4S. The molecule has 2 N–H and O–H groups in total. The predicted molar refractivity (Wildman–Crippen MR) is 125 cm³/mol. The van der Waals surface area contributed by atoms with Crippen molar-refractivity contribution in [3.63, 3.8) is 0 Å². The first-order valence-electron chi connectivity index (χ1n) is 10.8. The summed E-state index contributed by atoms with van der Waals surface area (Å²) in [6.07, 6.45) is 3.82. The minimum absolute atomic E-state index is 0.0650. The lowest BCUT2D eigenvalue weighted by molar-refractivity contribution is 0.0713. The molecule has 1 fully saturated rings. The third-order valence-corrected chi connectivity index (χ3v) is 7.62. The quantitative estimate of drug-likeness (QED) is 0.590. The van der Waals surface area contributed by atoms with Crippen LogP contribution in [0, 0.1) is 0 Å². The number of carbonyl (C=O) groups excluding carboxylic acids is 1. The lowest BCUT2D eigenvalue weighted by atomic mass is 9.89. The van der Waals surface area contributed by atoms with Gasteiger partial charge in [-0.1, -0.05) is 0 Å². The van der Waals surface area contributed by atoms with E-state index in [0.717, 1.165) is 24.1 Å². The summed E-state index contributed by atoms with van der Waals surface area (Å²) in [5.41, 5.74) is 2.85. The van der Waals surface area contributed by atoms with E-state index in [1.54, 1.807) is 33.1 Å². The van der Waals surface area contributed by atoms with Gasteiger partial charge in [0.25, 0.3) is 5.91 Å². The van der Waals surface area contributed by atoms with Crippen LogP contribution in [-0.2, 0) is 10.0 Å². The molecule has 8 heteroatoms. The Morgan fingerprint density at radius 3 is 2.44 bits per heavy atom. The first-order valence-corrected chi connectivity index (χ1v) is 12.3. The standard InChI is InChI=1S/C24H29N3O4S/c1-16(2)26-32(29,30)20-7-4-18(5-8-20)24(28)27-12-10-17(11-13-27)22-15-25-23-9-6-19(31-3)14-21(22)23/h4-9,14-17,25-26H,10-13H2,1-3H3. The maximum Gasteiger partial charge on any atom is 0.253 e. The topological polar surface area (TPSA) is 91.5 Å². The van der Waals surface area contributed by atoms with E-state index < -0.39 is 10.0 Å². The zero-order valence-corrected chi connectivity index (χ0v) is 19.4. The molecule has 2 heterocycles. The maximum atomic E-state index is 13.0. The molecule has 1 aromatic heterocycles. The monoisotopic (exact) mass is 455 g/mol. The van der Waals surface area contributed by atoms with E-state index in [0.29, 0.717) is 24.6 Å². The molecule has 0 bridgehead atoms. The number of nitrogens with zero attached hydrogens (tertiary/aromatic N) is 1. The number of rotatable bonds is 6. The van der Waals surface area contributed by atoms with Crippen molar-refractivity contribution >= 4 is 26.8 Å². The van der Waals surface area contributed by atoms with Gasteiger partial charge >= 0.3 is 0 Å². The van der Waals surface area contributed by atoms with E-state index in [2.05, 4.69) is 22.0 Å². The zero-order chi connectivity index (χ0) is 22.9. The van der Waals surface area contributed by atoms with E-state index in [4.69, 9.17) is 4.74 Å². The average molecular weight is 456 g/mol. The minimum Gasteiger partial charge on any atom is -0.497 e. The number of likely N-dealkylation sites (tertiary alicyclic amines) is 1. The van der Waals surface area contributed by atoms with E-state index >= 15 is 0 Å². The number of piperidine rings is 1. The first kappa shape index (κ1) is 22.4. The van der Waals surface area contributed by atoms with Crippen molar-refractivity contribution in [2.75, 3.05) is 20.2 Å². The van der Waals surface area contributed by atoms with Crippen LogP contribution in [0.1, 0.15) is 48.5 Å². The van der Waals surface area contributed by atoms with Gasteiger partial charge in [-0.25, -0.2) is 13.1 Å². The second kappa shape index (κ2) is 8.96. The third-order valence-electron chi connectivity index (χ3n) is 5.95. The van der Waals surface area contributed by atoms with E-state index in [9.17, 15) is 13.2 Å². The van der Waals surface area contributed by atoms with E-state index in [1.807, 2.05) is 17.0 Å². The predicted octanol–water partition coefficient (Wildman–Crippen LogP) is 3.88. The lowest BCUT2D eigenvalue weighted by Crippen LogP contribution is -2.38. The van der Waals surface area contributed by atoms with Crippen LogP contribution in [-0.4, -0.2) is 50.5 Å². The fraction of sp³-hybridized carbons (Fsp3) is 0.375.